The van der Waals surface area contributed by atoms with Gasteiger partial charge in [0.25, 0.3) is 0 Å². The first kappa shape index (κ1) is 7.85. The maximum absolute atomic E-state index is 5.82. The summed E-state index contributed by atoms with van der Waals surface area (Å²) in [5.41, 5.74) is 0. The molecule has 0 saturated heterocycles. The number of hydrogen-bond acceptors (Lipinski definition) is 0. The lowest BCUT2D eigenvalue weighted by Crippen LogP contribution is -1.89. The van der Waals surface area contributed by atoms with Crippen LogP contribution in [-0.2, 0) is 0 Å². The molecule has 0 radical (unpaired) electrons. The van der Waals surface area contributed by atoms with E-state index in [0.717, 1.165) is 22.4 Å². The lowest BCUT2D eigenvalue weighted by molar-refractivity contribution is 1.66. The Labute approximate surface area is 66.6 Å². The summed E-state index contributed by atoms with van der Waals surface area (Å²) in [7, 11) is -0.743. The quantitative estimate of drug-likeness (QED) is 0.507. The standard InChI is InChI=1S/C6H10Cl2P/c1-9(2)3-5(7)6(8)4-9/h3-4H2,1-2H3/q+1. The highest BCUT2D eigenvalue weighted by Crippen LogP contribution is 2.60. The summed E-state index contributed by atoms with van der Waals surface area (Å²) >= 11 is 11.6. The second kappa shape index (κ2) is 2.42. The predicted molar refractivity (Wildman–Crippen MR) is 47.2 cm³/mol. The Hall–Kier alpha value is 0.750. The van der Waals surface area contributed by atoms with Gasteiger partial charge < -0.3 is 0 Å². The molecule has 1 heterocycles. The highest BCUT2D eigenvalue weighted by Gasteiger charge is 2.35. The molecule has 1 aliphatic heterocycles. The Morgan fingerprint density at radius 1 is 1.11 bits per heavy atom. The Morgan fingerprint density at radius 2 is 1.44 bits per heavy atom. The molecule has 0 saturated carbocycles. The topological polar surface area (TPSA) is 0 Å². The molecule has 1 rings (SSSR count). The predicted octanol–water partition coefficient (Wildman–Crippen LogP) is 2.97. The van der Waals surface area contributed by atoms with Crippen LogP contribution in [0.25, 0.3) is 0 Å². The monoisotopic (exact) mass is 183 g/mol. The molecule has 3 heteroatoms. The molecule has 0 unspecified atom stereocenters. The third-order valence-corrected chi connectivity index (χ3v) is 4.97. The molecule has 0 bridgehead atoms. The smallest absolute Gasteiger partial charge is 0.0837 e. The van der Waals surface area contributed by atoms with Crippen LogP contribution in [0.15, 0.2) is 10.1 Å². The van der Waals surface area contributed by atoms with Crippen LogP contribution in [0.3, 0.4) is 0 Å². The van der Waals surface area contributed by atoms with Gasteiger partial charge in [0.1, 0.15) is 0 Å². The second-order valence-electron chi connectivity index (χ2n) is 3.06. The van der Waals surface area contributed by atoms with E-state index >= 15 is 0 Å². The number of allylic oxidation sites excluding steroid dienone is 2. The fourth-order valence-corrected chi connectivity index (χ4v) is 5.24. The van der Waals surface area contributed by atoms with Crippen molar-refractivity contribution in [1.82, 2.24) is 0 Å². The molecule has 1 aliphatic rings. The molecule has 0 aromatic rings. The van der Waals surface area contributed by atoms with Gasteiger partial charge in [0.2, 0.25) is 0 Å². The number of halogens is 2. The summed E-state index contributed by atoms with van der Waals surface area (Å²) in [6, 6.07) is 0. The molecule has 0 N–H and O–H groups in total. The fourth-order valence-electron chi connectivity index (χ4n) is 0.979. The van der Waals surface area contributed by atoms with Gasteiger partial charge in [-0.1, -0.05) is 23.2 Å². The molecule has 0 atom stereocenters. The summed E-state index contributed by atoms with van der Waals surface area (Å²) in [5.74, 6) is 0. The van der Waals surface area contributed by atoms with E-state index in [4.69, 9.17) is 23.2 Å². The molecule has 0 aromatic carbocycles. The first-order valence-corrected chi connectivity index (χ1v) is 6.67. The van der Waals surface area contributed by atoms with Crippen molar-refractivity contribution in [2.24, 2.45) is 0 Å². The molecule has 0 aromatic heterocycles. The van der Waals surface area contributed by atoms with E-state index in [0.29, 0.717) is 0 Å². The molecular weight excluding hydrogens is 174 g/mol. The zero-order valence-electron chi connectivity index (χ0n) is 5.62. The van der Waals surface area contributed by atoms with Gasteiger partial charge in [-0.15, -0.1) is 0 Å². The maximum Gasteiger partial charge on any atom is 0.0960 e. The number of hydrogen-bond donors (Lipinski definition) is 0. The van der Waals surface area contributed by atoms with Gasteiger partial charge >= 0.3 is 0 Å². The van der Waals surface area contributed by atoms with E-state index in [1.165, 1.54) is 0 Å². The van der Waals surface area contributed by atoms with Crippen molar-refractivity contribution in [2.45, 2.75) is 0 Å². The zero-order chi connectivity index (χ0) is 7.07. The average molecular weight is 184 g/mol. The van der Waals surface area contributed by atoms with Gasteiger partial charge in [-0.05, 0) is 0 Å². The minimum Gasteiger partial charge on any atom is -0.0837 e. The van der Waals surface area contributed by atoms with Crippen molar-refractivity contribution in [3.63, 3.8) is 0 Å². The van der Waals surface area contributed by atoms with Crippen LogP contribution >= 0.6 is 30.5 Å². The third-order valence-electron chi connectivity index (χ3n) is 1.43. The Balaban J connectivity index is 2.70. The van der Waals surface area contributed by atoms with Gasteiger partial charge in [-0.25, -0.2) is 0 Å². The van der Waals surface area contributed by atoms with Crippen LogP contribution in [0.5, 0.6) is 0 Å². The Kier molecular flexibility index (Phi) is 2.11. The van der Waals surface area contributed by atoms with Crippen molar-refractivity contribution >= 4 is 30.5 Å². The zero-order valence-corrected chi connectivity index (χ0v) is 8.02. The van der Waals surface area contributed by atoms with Crippen molar-refractivity contribution < 1.29 is 0 Å². The highest BCUT2D eigenvalue weighted by atomic mass is 35.5. The van der Waals surface area contributed by atoms with Gasteiger partial charge in [0, 0.05) is 20.6 Å². The minimum absolute atomic E-state index is 0.743. The van der Waals surface area contributed by atoms with E-state index in [1.807, 2.05) is 0 Å². The van der Waals surface area contributed by atoms with Gasteiger partial charge in [0.15, 0.2) is 0 Å². The summed E-state index contributed by atoms with van der Waals surface area (Å²) in [4.78, 5) is 0. The molecule has 0 aliphatic carbocycles. The Morgan fingerprint density at radius 3 is 1.56 bits per heavy atom. The van der Waals surface area contributed by atoms with E-state index < -0.39 is 7.26 Å². The lowest BCUT2D eigenvalue weighted by Gasteiger charge is -2.07. The lowest BCUT2D eigenvalue weighted by atomic mass is 10.6. The van der Waals surface area contributed by atoms with Crippen molar-refractivity contribution in [1.29, 1.82) is 0 Å². The summed E-state index contributed by atoms with van der Waals surface area (Å²) in [6.45, 7) is 4.56. The van der Waals surface area contributed by atoms with E-state index in [-0.39, 0.29) is 0 Å². The van der Waals surface area contributed by atoms with E-state index in [9.17, 15) is 0 Å². The van der Waals surface area contributed by atoms with Crippen LogP contribution in [-0.4, -0.2) is 25.7 Å². The van der Waals surface area contributed by atoms with Crippen molar-refractivity contribution in [3.05, 3.63) is 10.1 Å². The first-order valence-electron chi connectivity index (χ1n) is 2.86. The summed E-state index contributed by atoms with van der Waals surface area (Å²) in [6.07, 6.45) is 2.10. The molecule has 0 nitrogen and oxygen atoms in total. The van der Waals surface area contributed by atoms with E-state index in [1.54, 1.807) is 0 Å². The molecule has 9 heavy (non-hydrogen) atoms. The van der Waals surface area contributed by atoms with Crippen LogP contribution in [0.4, 0.5) is 0 Å². The minimum atomic E-state index is -0.743. The largest absolute Gasteiger partial charge is 0.0960 e. The summed E-state index contributed by atoms with van der Waals surface area (Å²) in [5, 5.41) is 1.80. The molecule has 0 spiro atoms. The van der Waals surface area contributed by atoms with Gasteiger partial charge in [0.05, 0.1) is 22.4 Å². The van der Waals surface area contributed by atoms with Crippen LogP contribution in [0, 0.1) is 0 Å². The van der Waals surface area contributed by atoms with Gasteiger partial charge in [-0.3, -0.25) is 0 Å². The van der Waals surface area contributed by atoms with E-state index in [2.05, 4.69) is 13.3 Å². The Bertz CT molecular complexity index is 144. The second-order valence-corrected chi connectivity index (χ2v) is 8.48. The van der Waals surface area contributed by atoms with Crippen molar-refractivity contribution in [3.8, 4) is 0 Å². The van der Waals surface area contributed by atoms with Crippen LogP contribution in [0.2, 0.25) is 0 Å². The normalized spacial score (nSPS) is 25.3. The number of rotatable bonds is 0. The first-order chi connectivity index (χ1) is 4.01. The third kappa shape index (κ3) is 1.83. The molecular formula is C6H10Cl2P+. The van der Waals surface area contributed by atoms with Crippen molar-refractivity contribution in [2.75, 3.05) is 25.7 Å². The SMILES string of the molecule is C[P+]1(C)CC(Cl)=C(Cl)C1. The van der Waals surface area contributed by atoms with Gasteiger partial charge in [-0.2, -0.15) is 0 Å². The molecule has 52 valence electrons. The molecule has 0 fully saturated rings. The molecule has 0 amide bonds. The summed E-state index contributed by atoms with van der Waals surface area (Å²) < 4.78 is 0. The highest BCUT2D eigenvalue weighted by molar-refractivity contribution is 7.75. The average Bonchev–Trinajstić information content (AvgIpc) is 1.79. The maximum atomic E-state index is 5.82. The van der Waals surface area contributed by atoms with Crippen LogP contribution in [0.1, 0.15) is 0 Å². The fraction of sp³-hybridized carbons (Fsp3) is 0.667. The van der Waals surface area contributed by atoms with Crippen LogP contribution < -0.4 is 0 Å².